The Balaban J connectivity index is 2.39. The number of amides is 1. The average molecular weight is 239 g/mol. The number of aromatic amines is 1. The summed E-state index contributed by atoms with van der Waals surface area (Å²) in [4.78, 5) is 29.2. The third kappa shape index (κ3) is 2.13. The number of thiocarbonyl (C=S) groups is 1. The van der Waals surface area contributed by atoms with E-state index in [1.807, 2.05) is 0 Å². The lowest BCUT2D eigenvalue weighted by atomic mass is 10.3. The predicted octanol–water partition coefficient (Wildman–Crippen LogP) is 0.259. The van der Waals surface area contributed by atoms with Gasteiger partial charge in [-0.2, -0.15) is 0 Å². The lowest BCUT2D eigenvalue weighted by Gasteiger charge is -1.91. The summed E-state index contributed by atoms with van der Waals surface area (Å²) in [6.07, 6.45) is 4.29. The lowest BCUT2D eigenvalue weighted by Crippen LogP contribution is -2.18. The largest absolute Gasteiger partial charge is 0.326 e. The number of hydrogen-bond donors (Lipinski definition) is 2. The van der Waals surface area contributed by atoms with Crippen LogP contribution in [-0.4, -0.2) is 20.2 Å². The number of H-pyrrole nitrogens is 1. The first kappa shape index (κ1) is 10.1. The van der Waals surface area contributed by atoms with Crippen LogP contribution in [0.1, 0.15) is 5.69 Å². The summed E-state index contributed by atoms with van der Waals surface area (Å²) in [5.74, 6) is -0.296. The maximum Gasteiger partial charge on any atom is 0.273 e. The molecule has 1 aromatic rings. The van der Waals surface area contributed by atoms with Crippen LogP contribution in [0.2, 0.25) is 0 Å². The van der Waals surface area contributed by atoms with E-state index in [1.54, 1.807) is 0 Å². The normalized spacial score (nSPS) is 18.3. The molecule has 0 spiro atoms. The van der Waals surface area contributed by atoms with Crippen LogP contribution in [0.25, 0.3) is 6.08 Å². The molecule has 1 saturated heterocycles. The van der Waals surface area contributed by atoms with Gasteiger partial charge >= 0.3 is 0 Å². The zero-order valence-electron chi connectivity index (χ0n) is 7.31. The number of thioether (sulfide) groups is 1. The van der Waals surface area contributed by atoms with Gasteiger partial charge in [-0.1, -0.05) is 24.0 Å². The van der Waals surface area contributed by atoms with Crippen molar-refractivity contribution in [1.29, 1.82) is 0 Å². The van der Waals surface area contributed by atoms with Crippen LogP contribution >= 0.6 is 24.0 Å². The van der Waals surface area contributed by atoms with E-state index in [0.29, 0.717) is 9.23 Å². The highest BCUT2D eigenvalue weighted by molar-refractivity contribution is 8.26. The molecule has 76 valence electrons. The van der Waals surface area contributed by atoms with E-state index in [2.05, 4.69) is 15.3 Å². The molecule has 0 aromatic carbocycles. The van der Waals surface area contributed by atoms with Crippen molar-refractivity contribution in [1.82, 2.24) is 15.3 Å². The molecule has 1 aliphatic heterocycles. The van der Waals surface area contributed by atoms with Crippen LogP contribution in [0.15, 0.2) is 22.1 Å². The molecule has 2 N–H and O–H groups in total. The molecular formula is C8H5N3O2S2. The van der Waals surface area contributed by atoms with Gasteiger partial charge in [0.15, 0.2) is 0 Å². The van der Waals surface area contributed by atoms with Gasteiger partial charge < -0.3 is 10.3 Å². The number of nitrogens with zero attached hydrogens (tertiary/aromatic N) is 1. The molecule has 2 heterocycles. The van der Waals surface area contributed by atoms with Crippen molar-refractivity contribution in [2.24, 2.45) is 0 Å². The fraction of sp³-hybridized carbons (Fsp3) is 0. The van der Waals surface area contributed by atoms with Gasteiger partial charge in [-0.3, -0.25) is 9.59 Å². The topological polar surface area (TPSA) is 74.8 Å². The second-order valence-corrected chi connectivity index (χ2v) is 4.37. The van der Waals surface area contributed by atoms with Gasteiger partial charge in [0.25, 0.3) is 11.5 Å². The Morgan fingerprint density at radius 3 is 2.87 bits per heavy atom. The maximum absolute atomic E-state index is 11.3. The maximum atomic E-state index is 11.3. The van der Waals surface area contributed by atoms with E-state index in [1.165, 1.54) is 18.5 Å². The standard InChI is InChI=1S/C8H5N3O2S2/c12-6-4(9-1-2-10-6)3-5-7(13)11-8(14)15-5/h1-3H,(H,10,12)(H,11,13,14)/b5-3-. The molecule has 2 rings (SSSR count). The summed E-state index contributed by atoms with van der Waals surface area (Å²) in [5, 5.41) is 2.45. The number of hydrogen-bond acceptors (Lipinski definition) is 5. The van der Waals surface area contributed by atoms with Crippen LogP contribution in [0.3, 0.4) is 0 Å². The summed E-state index contributed by atoms with van der Waals surface area (Å²) in [7, 11) is 0. The number of rotatable bonds is 1. The van der Waals surface area contributed by atoms with Crippen molar-refractivity contribution < 1.29 is 4.79 Å². The monoisotopic (exact) mass is 239 g/mol. The first-order chi connectivity index (χ1) is 7.16. The van der Waals surface area contributed by atoms with Gasteiger partial charge in [0.05, 0.1) is 4.91 Å². The zero-order valence-corrected chi connectivity index (χ0v) is 8.95. The molecule has 0 unspecified atom stereocenters. The first-order valence-electron chi connectivity index (χ1n) is 3.95. The van der Waals surface area contributed by atoms with Crippen molar-refractivity contribution in [3.8, 4) is 0 Å². The molecule has 1 fully saturated rings. The highest BCUT2D eigenvalue weighted by Gasteiger charge is 2.22. The highest BCUT2D eigenvalue weighted by Crippen LogP contribution is 2.24. The van der Waals surface area contributed by atoms with E-state index in [4.69, 9.17) is 12.2 Å². The number of nitrogens with one attached hydrogen (secondary N) is 2. The third-order valence-electron chi connectivity index (χ3n) is 1.65. The smallest absolute Gasteiger partial charge is 0.273 e. The van der Waals surface area contributed by atoms with Crippen molar-refractivity contribution in [2.75, 3.05) is 0 Å². The molecule has 0 saturated carbocycles. The van der Waals surface area contributed by atoms with Crippen molar-refractivity contribution >= 4 is 40.3 Å². The average Bonchev–Trinajstić information content (AvgIpc) is 2.49. The van der Waals surface area contributed by atoms with Crippen LogP contribution in [0, 0.1) is 0 Å². The minimum absolute atomic E-state index is 0.194. The Labute approximate surface area is 94.0 Å². The number of aromatic nitrogens is 2. The van der Waals surface area contributed by atoms with Crippen molar-refractivity contribution in [2.45, 2.75) is 0 Å². The molecule has 0 radical (unpaired) electrons. The Morgan fingerprint density at radius 1 is 1.47 bits per heavy atom. The summed E-state index contributed by atoms with van der Waals surface area (Å²) < 4.78 is 0.388. The van der Waals surface area contributed by atoms with Gasteiger partial charge in [0, 0.05) is 12.4 Å². The SMILES string of the molecule is O=C1NC(=S)S/C1=C\c1ncc[nH]c1=O. The van der Waals surface area contributed by atoms with Crippen LogP contribution < -0.4 is 10.9 Å². The van der Waals surface area contributed by atoms with E-state index in [-0.39, 0.29) is 17.2 Å². The van der Waals surface area contributed by atoms with Crippen LogP contribution in [-0.2, 0) is 4.79 Å². The van der Waals surface area contributed by atoms with Gasteiger partial charge in [-0.05, 0) is 6.08 Å². The summed E-state index contributed by atoms with van der Waals surface area (Å²) in [5.41, 5.74) is -0.143. The summed E-state index contributed by atoms with van der Waals surface area (Å²) in [6, 6.07) is 0. The number of carbonyl (C=O) groups excluding carboxylic acids is 1. The van der Waals surface area contributed by atoms with E-state index in [0.717, 1.165) is 11.8 Å². The summed E-state index contributed by atoms with van der Waals surface area (Å²) >= 11 is 5.92. The predicted molar refractivity (Wildman–Crippen MR) is 61.2 cm³/mol. The molecule has 1 aromatic heterocycles. The Kier molecular flexibility index (Phi) is 2.65. The van der Waals surface area contributed by atoms with Crippen LogP contribution in [0.4, 0.5) is 0 Å². The van der Waals surface area contributed by atoms with Gasteiger partial charge in [-0.25, -0.2) is 4.98 Å². The molecule has 1 amide bonds. The van der Waals surface area contributed by atoms with E-state index in [9.17, 15) is 9.59 Å². The van der Waals surface area contributed by atoms with Crippen molar-refractivity contribution in [3.05, 3.63) is 33.3 Å². The molecule has 1 aliphatic rings. The first-order valence-corrected chi connectivity index (χ1v) is 5.18. The van der Waals surface area contributed by atoms with Crippen molar-refractivity contribution in [3.63, 3.8) is 0 Å². The molecule has 5 nitrogen and oxygen atoms in total. The number of carbonyl (C=O) groups is 1. The second-order valence-electron chi connectivity index (χ2n) is 2.66. The van der Waals surface area contributed by atoms with Gasteiger partial charge in [0.1, 0.15) is 10.0 Å². The molecular weight excluding hydrogens is 234 g/mol. The van der Waals surface area contributed by atoms with E-state index < -0.39 is 0 Å². The Morgan fingerprint density at radius 2 is 2.27 bits per heavy atom. The quantitative estimate of drug-likeness (QED) is 0.543. The Bertz CT molecular complexity index is 521. The second kappa shape index (κ2) is 3.95. The van der Waals surface area contributed by atoms with Gasteiger partial charge in [0.2, 0.25) is 0 Å². The third-order valence-corrected chi connectivity index (χ3v) is 2.81. The molecule has 0 atom stereocenters. The lowest BCUT2D eigenvalue weighted by molar-refractivity contribution is -0.115. The molecule has 0 bridgehead atoms. The minimum atomic E-state index is -0.337. The molecule has 0 aliphatic carbocycles. The van der Waals surface area contributed by atoms with E-state index >= 15 is 0 Å². The highest BCUT2D eigenvalue weighted by atomic mass is 32.2. The molecule has 7 heteroatoms. The molecule has 15 heavy (non-hydrogen) atoms. The Hall–Kier alpha value is -1.47. The van der Waals surface area contributed by atoms with Crippen LogP contribution in [0.5, 0.6) is 0 Å². The zero-order chi connectivity index (χ0) is 10.8. The summed E-state index contributed by atoms with van der Waals surface area (Å²) in [6.45, 7) is 0. The minimum Gasteiger partial charge on any atom is -0.326 e. The van der Waals surface area contributed by atoms with Gasteiger partial charge in [-0.15, -0.1) is 0 Å². The fourth-order valence-corrected chi connectivity index (χ4v) is 2.03. The fourth-order valence-electron chi connectivity index (χ4n) is 1.01.